The molecule has 0 fully saturated rings. The Hall–Kier alpha value is -2.56. The fourth-order valence-corrected chi connectivity index (χ4v) is 1.42. The van der Waals surface area contributed by atoms with Gasteiger partial charge < -0.3 is 14.9 Å². The Morgan fingerprint density at radius 1 is 0.944 bits per heavy atom. The molecule has 0 atom stereocenters. The van der Waals surface area contributed by atoms with Crippen LogP contribution in [-0.2, 0) is 0 Å². The molecule has 0 heterocycles. The number of rotatable bonds is 3. The van der Waals surface area contributed by atoms with Crippen molar-refractivity contribution < 1.29 is 14.9 Å². The molecule has 0 radical (unpaired) electrons. The molecule has 0 amide bonds. The standard InChI is InChI=1S/C13H12N2O3/c1-18-13-5-3-2-4-11(13)15-14-10-7-6-9(16)8-12(10)17/h2-8,16-17H,1H3. The van der Waals surface area contributed by atoms with Gasteiger partial charge in [-0.1, -0.05) is 12.1 Å². The third kappa shape index (κ3) is 2.57. The van der Waals surface area contributed by atoms with Crippen LogP contribution in [0.1, 0.15) is 0 Å². The zero-order valence-electron chi connectivity index (χ0n) is 9.74. The molecule has 0 aliphatic carbocycles. The number of nitrogens with zero attached hydrogens (tertiary/aromatic N) is 2. The summed E-state index contributed by atoms with van der Waals surface area (Å²) in [6.07, 6.45) is 0. The lowest BCUT2D eigenvalue weighted by molar-refractivity contribution is 0.416. The Balaban J connectivity index is 2.30. The van der Waals surface area contributed by atoms with Gasteiger partial charge in [0.05, 0.1) is 7.11 Å². The molecule has 0 saturated heterocycles. The van der Waals surface area contributed by atoms with E-state index in [9.17, 15) is 5.11 Å². The SMILES string of the molecule is COc1ccccc1N=Nc1ccc(O)cc1O. The second-order valence-corrected chi connectivity index (χ2v) is 3.54. The predicted octanol–water partition coefficient (Wildman–Crippen LogP) is 3.52. The molecule has 2 N–H and O–H groups in total. The highest BCUT2D eigenvalue weighted by Gasteiger charge is 2.02. The number of benzene rings is 2. The van der Waals surface area contributed by atoms with Crippen LogP contribution < -0.4 is 4.74 Å². The van der Waals surface area contributed by atoms with E-state index in [1.807, 2.05) is 12.1 Å². The van der Waals surface area contributed by atoms with Gasteiger partial charge >= 0.3 is 0 Å². The van der Waals surface area contributed by atoms with Gasteiger partial charge in [-0.25, -0.2) is 0 Å². The molecule has 2 rings (SSSR count). The molecule has 92 valence electrons. The van der Waals surface area contributed by atoms with Gasteiger partial charge in [-0.05, 0) is 24.3 Å². The fourth-order valence-electron chi connectivity index (χ4n) is 1.42. The van der Waals surface area contributed by atoms with Gasteiger partial charge in [0.25, 0.3) is 0 Å². The third-order valence-corrected chi connectivity index (χ3v) is 2.31. The van der Waals surface area contributed by atoms with E-state index in [-0.39, 0.29) is 17.2 Å². The lowest BCUT2D eigenvalue weighted by Crippen LogP contribution is -1.81. The van der Waals surface area contributed by atoms with Crippen molar-refractivity contribution in [3.63, 3.8) is 0 Å². The molecule has 5 heteroatoms. The summed E-state index contributed by atoms with van der Waals surface area (Å²) in [5.74, 6) is 0.442. The summed E-state index contributed by atoms with van der Waals surface area (Å²) in [6, 6.07) is 11.3. The predicted molar refractivity (Wildman–Crippen MR) is 66.9 cm³/mol. The average molecular weight is 244 g/mol. The van der Waals surface area contributed by atoms with Crippen molar-refractivity contribution in [2.24, 2.45) is 10.2 Å². The summed E-state index contributed by atoms with van der Waals surface area (Å²) in [6.45, 7) is 0. The summed E-state index contributed by atoms with van der Waals surface area (Å²) < 4.78 is 5.13. The number of para-hydroxylation sites is 1. The molecular weight excluding hydrogens is 232 g/mol. The second kappa shape index (κ2) is 5.18. The van der Waals surface area contributed by atoms with E-state index >= 15 is 0 Å². The monoisotopic (exact) mass is 244 g/mol. The molecule has 18 heavy (non-hydrogen) atoms. The first-order valence-corrected chi connectivity index (χ1v) is 5.27. The van der Waals surface area contributed by atoms with E-state index in [0.717, 1.165) is 0 Å². The summed E-state index contributed by atoms with van der Waals surface area (Å²) >= 11 is 0. The van der Waals surface area contributed by atoms with E-state index < -0.39 is 0 Å². The number of methoxy groups -OCH3 is 1. The molecule has 0 saturated carbocycles. The minimum atomic E-state index is -0.131. The van der Waals surface area contributed by atoms with E-state index in [1.54, 1.807) is 19.2 Å². The Labute approximate surface area is 104 Å². The van der Waals surface area contributed by atoms with Gasteiger partial charge in [0.2, 0.25) is 0 Å². The second-order valence-electron chi connectivity index (χ2n) is 3.54. The summed E-state index contributed by atoms with van der Waals surface area (Å²) in [4.78, 5) is 0. The van der Waals surface area contributed by atoms with Crippen molar-refractivity contribution in [2.75, 3.05) is 7.11 Å². The molecule has 0 aliphatic heterocycles. The summed E-state index contributed by atoms with van der Waals surface area (Å²) in [5.41, 5.74) is 0.839. The maximum absolute atomic E-state index is 9.55. The maximum Gasteiger partial charge on any atom is 0.146 e. The van der Waals surface area contributed by atoms with Crippen LogP contribution in [-0.4, -0.2) is 17.3 Å². The molecule has 0 aromatic heterocycles. The largest absolute Gasteiger partial charge is 0.508 e. The average Bonchev–Trinajstić information content (AvgIpc) is 2.38. The van der Waals surface area contributed by atoms with Gasteiger partial charge in [-0.2, -0.15) is 0 Å². The molecule has 0 unspecified atom stereocenters. The third-order valence-electron chi connectivity index (χ3n) is 2.31. The fraction of sp³-hybridized carbons (Fsp3) is 0.0769. The summed E-state index contributed by atoms with van der Waals surface area (Å²) in [5, 5.41) is 26.6. The van der Waals surface area contributed by atoms with Crippen molar-refractivity contribution in [2.45, 2.75) is 0 Å². The number of hydrogen-bond acceptors (Lipinski definition) is 5. The number of azo groups is 1. The van der Waals surface area contributed by atoms with Crippen LogP contribution in [0.5, 0.6) is 17.2 Å². The molecule has 0 aliphatic rings. The van der Waals surface area contributed by atoms with Crippen LogP contribution >= 0.6 is 0 Å². The number of phenolic OH excluding ortho intramolecular Hbond substituents is 2. The van der Waals surface area contributed by atoms with Crippen LogP contribution in [0.4, 0.5) is 11.4 Å². The van der Waals surface area contributed by atoms with Gasteiger partial charge in [0.15, 0.2) is 0 Å². The van der Waals surface area contributed by atoms with Crippen molar-refractivity contribution >= 4 is 11.4 Å². The van der Waals surface area contributed by atoms with Crippen LogP contribution in [0.3, 0.4) is 0 Å². The van der Waals surface area contributed by atoms with Crippen molar-refractivity contribution in [1.29, 1.82) is 0 Å². The minimum Gasteiger partial charge on any atom is -0.508 e. The highest BCUT2D eigenvalue weighted by Crippen LogP contribution is 2.33. The quantitative estimate of drug-likeness (QED) is 0.811. The first-order valence-electron chi connectivity index (χ1n) is 5.27. The highest BCUT2D eigenvalue weighted by molar-refractivity contribution is 5.55. The van der Waals surface area contributed by atoms with Crippen LogP contribution in [0.25, 0.3) is 0 Å². The van der Waals surface area contributed by atoms with Gasteiger partial charge in [-0.15, -0.1) is 10.2 Å². The summed E-state index contributed by atoms with van der Waals surface area (Å²) in [7, 11) is 1.55. The van der Waals surface area contributed by atoms with Gasteiger partial charge in [-0.3, -0.25) is 0 Å². The van der Waals surface area contributed by atoms with E-state index in [4.69, 9.17) is 9.84 Å². The van der Waals surface area contributed by atoms with Crippen LogP contribution in [0.2, 0.25) is 0 Å². The number of hydrogen-bond donors (Lipinski definition) is 2. The van der Waals surface area contributed by atoms with E-state index in [2.05, 4.69) is 10.2 Å². The maximum atomic E-state index is 9.55. The zero-order valence-corrected chi connectivity index (χ0v) is 9.74. The van der Waals surface area contributed by atoms with Crippen molar-refractivity contribution in [3.05, 3.63) is 42.5 Å². The molecule has 0 spiro atoms. The first kappa shape index (κ1) is 11.9. The molecule has 5 nitrogen and oxygen atoms in total. The number of aromatic hydroxyl groups is 2. The Kier molecular flexibility index (Phi) is 3.43. The van der Waals surface area contributed by atoms with Gasteiger partial charge in [0.1, 0.15) is 28.6 Å². The number of phenols is 2. The number of ether oxygens (including phenoxy) is 1. The molecule has 0 bridgehead atoms. The highest BCUT2D eigenvalue weighted by atomic mass is 16.5. The normalized spacial score (nSPS) is 10.7. The zero-order chi connectivity index (χ0) is 13.0. The van der Waals surface area contributed by atoms with Gasteiger partial charge in [0, 0.05) is 6.07 Å². The lowest BCUT2D eigenvalue weighted by atomic mass is 10.3. The molecule has 2 aromatic rings. The minimum absolute atomic E-state index is 0.0243. The lowest BCUT2D eigenvalue weighted by Gasteiger charge is -2.02. The Bertz CT molecular complexity index is 582. The molecule has 2 aromatic carbocycles. The van der Waals surface area contributed by atoms with E-state index in [0.29, 0.717) is 11.4 Å². The van der Waals surface area contributed by atoms with Crippen molar-refractivity contribution in [3.8, 4) is 17.2 Å². The van der Waals surface area contributed by atoms with Crippen molar-refractivity contribution in [1.82, 2.24) is 0 Å². The first-order chi connectivity index (χ1) is 8.70. The van der Waals surface area contributed by atoms with E-state index in [1.165, 1.54) is 18.2 Å². The van der Waals surface area contributed by atoms with Crippen LogP contribution in [0, 0.1) is 0 Å². The van der Waals surface area contributed by atoms with Crippen LogP contribution in [0.15, 0.2) is 52.7 Å². The smallest absolute Gasteiger partial charge is 0.146 e. The Morgan fingerprint density at radius 2 is 1.67 bits per heavy atom. The Morgan fingerprint density at radius 3 is 2.39 bits per heavy atom. The molecular formula is C13H12N2O3. The topological polar surface area (TPSA) is 74.4 Å².